The topological polar surface area (TPSA) is 70.0 Å². The molecule has 2 N–H and O–H groups in total. The van der Waals surface area contributed by atoms with Crippen LogP contribution < -0.4 is 0 Å². The van der Waals surface area contributed by atoms with Crippen LogP contribution in [-0.4, -0.2) is 64.9 Å². The Balaban J connectivity index is 3.18. The first kappa shape index (κ1) is 25.5. The minimum Gasteiger partial charge on any atom is -0.388 e. The molecule has 0 saturated carbocycles. The molecular formula is C23H45NO4. The van der Waals surface area contributed by atoms with Gasteiger partial charge in [0.1, 0.15) is 17.5 Å². The average molecular weight is 400 g/mol. The van der Waals surface area contributed by atoms with Crippen LogP contribution in [0.1, 0.15) is 68.2 Å². The zero-order valence-corrected chi connectivity index (χ0v) is 19.6. The monoisotopic (exact) mass is 399 g/mol. The number of ketones is 1. The third-order valence-corrected chi connectivity index (χ3v) is 7.32. The summed E-state index contributed by atoms with van der Waals surface area (Å²) in [5.74, 6) is 1.16. The fourth-order valence-corrected chi connectivity index (χ4v) is 4.74. The zero-order valence-electron chi connectivity index (χ0n) is 19.6. The second kappa shape index (κ2) is 10.5. The molecule has 1 aliphatic rings. The van der Waals surface area contributed by atoms with Crippen LogP contribution in [0.4, 0.5) is 0 Å². The first-order valence-corrected chi connectivity index (χ1v) is 11.1. The van der Waals surface area contributed by atoms with E-state index < -0.39 is 17.8 Å². The minimum absolute atomic E-state index is 0.0197. The van der Waals surface area contributed by atoms with Crippen LogP contribution in [0.2, 0.25) is 0 Å². The highest BCUT2D eigenvalue weighted by Gasteiger charge is 2.43. The molecule has 0 aromatic carbocycles. The Labute approximate surface area is 172 Å². The summed E-state index contributed by atoms with van der Waals surface area (Å²) in [7, 11) is 2.00. The number of aliphatic hydroxyl groups is 2. The largest absolute Gasteiger partial charge is 0.388 e. The Morgan fingerprint density at radius 3 is 2.29 bits per heavy atom. The second-order valence-electron chi connectivity index (χ2n) is 9.85. The molecule has 28 heavy (non-hydrogen) atoms. The number of rotatable bonds is 1. The van der Waals surface area contributed by atoms with Gasteiger partial charge in [-0.3, -0.25) is 4.79 Å². The maximum absolute atomic E-state index is 12.9. The van der Waals surface area contributed by atoms with Crippen LogP contribution in [0.15, 0.2) is 0 Å². The predicted octanol–water partition coefficient (Wildman–Crippen LogP) is 3.37. The second-order valence-corrected chi connectivity index (χ2v) is 9.85. The van der Waals surface area contributed by atoms with Crippen molar-refractivity contribution in [3.05, 3.63) is 0 Å². The van der Waals surface area contributed by atoms with Gasteiger partial charge in [-0.15, -0.1) is 0 Å². The van der Waals surface area contributed by atoms with E-state index in [9.17, 15) is 15.0 Å². The molecule has 1 heterocycles. The number of carbonyl (C=O) groups is 1. The number of ether oxygens (including phenoxy) is 1. The third-order valence-electron chi connectivity index (χ3n) is 7.32. The minimum atomic E-state index is -1.39. The van der Waals surface area contributed by atoms with Gasteiger partial charge in [0.25, 0.3) is 0 Å². The van der Waals surface area contributed by atoms with Gasteiger partial charge in [0.05, 0.1) is 12.7 Å². The van der Waals surface area contributed by atoms with Gasteiger partial charge in [0, 0.05) is 24.4 Å². The SMILES string of the molecule is CC[C@H]1OC[C@H](C)C(=O)[C@H](C)[C@@H](C)[C@H](C)C[C@@H](C)CN(C)[C@H](C)[C@@H](O)[C@]1(C)O. The zero-order chi connectivity index (χ0) is 21.8. The molecule has 0 aromatic heterocycles. The van der Waals surface area contributed by atoms with Crippen molar-refractivity contribution in [2.75, 3.05) is 20.2 Å². The molecule has 0 amide bonds. The van der Waals surface area contributed by atoms with Crippen molar-refractivity contribution in [2.45, 2.75) is 92.1 Å². The van der Waals surface area contributed by atoms with E-state index in [4.69, 9.17) is 4.74 Å². The van der Waals surface area contributed by atoms with Crippen molar-refractivity contribution in [1.82, 2.24) is 4.90 Å². The lowest BCUT2D eigenvalue weighted by Crippen LogP contribution is -2.58. The standard InChI is InChI=1S/C23H45NO4/c1-10-20-23(8,27)22(26)19(7)24(9)12-14(2)11-15(3)17(5)18(6)21(25)16(4)13-28-20/h14-20,22,26-27H,10-13H2,1-9H3/t14-,15-,16+,17+,18-,19-,20-,22-,23-/m1/s1. The molecule has 0 radical (unpaired) electrons. The number of likely N-dealkylation sites (N-methyl/N-ethyl adjacent to an activating group) is 1. The van der Waals surface area contributed by atoms with E-state index in [1.165, 1.54) is 0 Å². The van der Waals surface area contributed by atoms with E-state index >= 15 is 0 Å². The first-order valence-electron chi connectivity index (χ1n) is 11.1. The van der Waals surface area contributed by atoms with E-state index in [1.54, 1.807) is 6.92 Å². The first-order chi connectivity index (χ1) is 12.8. The molecule has 5 heteroatoms. The highest BCUT2D eigenvalue weighted by Crippen LogP contribution is 2.31. The van der Waals surface area contributed by atoms with Gasteiger partial charge < -0.3 is 19.8 Å². The number of hydrogen-bond donors (Lipinski definition) is 2. The predicted molar refractivity (Wildman–Crippen MR) is 114 cm³/mol. The quantitative estimate of drug-likeness (QED) is 0.707. The molecule has 0 aromatic rings. The van der Waals surface area contributed by atoms with Crippen molar-refractivity contribution in [3.8, 4) is 0 Å². The van der Waals surface area contributed by atoms with Gasteiger partial charge in [-0.1, -0.05) is 41.5 Å². The lowest BCUT2D eigenvalue weighted by Gasteiger charge is -2.42. The Hall–Kier alpha value is -0.490. The van der Waals surface area contributed by atoms with Crippen LogP contribution in [-0.2, 0) is 9.53 Å². The number of aliphatic hydroxyl groups excluding tert-OH is 1. The van der Waals surface area contributed by atoms with Crippen molar-refractivity contribution < 1.29 is 19.7 Å². The number of Topliss-reactive ketones (excluding diaryl/α,β-unsaturated/α-hetero) is 1. The van der Waals surface area contributed by atoms with E-state index in [-0.39, 0.29) is 30.3 Å². The Morgan fingerprint density at radius 2 is 1.75 bits per heavy atom. The van der Waals surface area contributed by atoms with Crippen LogP contribution in [0.25, 0.3) is 0 Å². The van der Waals surface area contributed by atoms with Crippen LogP contribution in [0.3, 0.4) is 0 Å². The van der Waals surface area contributed by atoms with E-state index in [1.807, 2.05) is 34.7 Å². The fourth-order valence-electron chi connectivity index (χ4n) is 4.74. The lowest BCUT2D eigenvalue weighted by atomic mass is 9.76. The van der Waals surface area contributed by atoms with Crippen molar-refractivity contribution in [1.29, 1.82) is 0 Å². The van der Waals surface area contributed by atoms with Gasteiger partial charge in [-0.25, -0.2) is 0 Å². The fraction of sp³-hybridized carbons (Fsp3) is 0.957. The maximum atomic E-state index is 12.9. The van der Waals surface area contributed by atoms with Crippen molar-refractivity contribution in [2.24, 2.45) is 29.6 Å². The van der Waals surface area contributed by atoms with Crippen molar-refractivity contribution >= 4 is 5.78 Å². The maximum Gasteiger partial charge on any atom is 0.141 e. The van der Waals surface area contributed by atoms with Gasteiger partial charge in [-0.2, -0.15) is 0 Å². The lowest BCUT2D eigenvalue weighted by molar-refractivity contribution is -0.176. The number of hydrogen-bond acceptors (Lipinski definition) is 5. The average Bonchev–Trinajstić information content (AvgIpc) is 2.63. The van der Waals surface area contributed by atoms with E-state index in [2.05, 4.69) is 25.7 Å². The molecule has 0 unspecified atom stereocenters. The molecule has 0 aliphatic carbocycles. The molecule has 1 fully saturated rings. The summed E-state index contributed by atoms with van der Waals surface area (Å²) >= 11 is 0. The molecule has 1 saturated heterocycles. The van der Waals surface area contributed by atoms with Crippen molar-refractivity contribution in [3.63, 3.8) is 0 Å². The number of nitrogens with zero attached hydrogens (tertiary/aromatic N) is 1. The van der Waals surface area contributed by atoms with Gasteiger partial charge >= 0.3 is 0 Å². The summed E-state index contributed by atoms with van der Waals surface area (Å²) in [5, 5.41) is 22.1. The van der Waals surface area contributed by atoms with Crippen LogP contribution in [0.5, 0.6) is 0 Å². The molecule has 5 nitrogen and oxygen atoms in total. The van der Waals surface area contributed by atoms with Gasteiger partial charge in [0.2, 0.25) is 0 Å². The summed E-state index contributed by atoms with van der Waals surface area (Å²) in [6.07, 6.45) is 0.134. The highest BCUT2D eigenvalue weighted by molar-refractivity contribution is 5.83. The van der Waals surface area contributed by atoms with E-state index in [0.29, 0.717) is 24.2 Å². The van der Waals surface area contributed by atoms with Crippen LogP contribution in [0, 0.1) is 29.6 Å². The Bertz CT molecular complexity index is 495. The summed E-state index contributed by atoms with van der Waals surface area (Å²) in [6, 6.07) is -0.203. The molecule has 0 bridgehead atoms. The van der Waals surface area contributed by atoms with Gasteiger partial charge in [0.15, 0.2) is 0 Å². The van der Waals surface area contributed by atoms with Crippen LogP contribution >= 0.6 is 0 Å². The molecule has 1 rings (SSSR count). The summed E-state index contributed by atoms with van der Waals surface area (Å²) in [4.78, 5) is 15.1. The Kier molecular flexibility index (Phi) is 9.59. The molecular weight excluding hydrogens is 354 g/mol. The summed E-state index contributed by atoms with van der Waals surface area (Å²) < 4.78 is 6.00. The molecule has 1 aliphatic heterocycles. The molecule has 9 atom stereocenters. The number of carbonyl (C=O) groups excluding carboxylic acids is 1. The third kappa shape index (κ3) is 6.01. The Morgan fingerprint density at radius 1 is 1.18 bits per heavy atom. The van der Waals surface area contributed by atoms with Gasteiger partial charge in [-0.05, 0) is 51.5 Å². The summed E-state index contributed by atoms with van der Waals surface area (Å²) in [5.41, 5.74) is -1.39. The smallest absolute Gasteiger partial charge is 0.141 e. The van der Waals surface area contributed by atoms with E-state index in [0.717, 1.165) is 13.0 Å². The highest BCUT2D eigenvalue weighted by atomic mass is 16.5. The molecule has 0 spiro atoms. The molecule has 166 valence electrons. The normalized spacial score (nSPS) is 46.0. The summed E-state index contributed by atoms with van der Waals surface area (Å²) in [6.45, 7) is 17.2.